The van der Waals surface area contributed by atoms with Crippen molar-refractivity contribution in [2.75, 3.05) is 0 Å². The largest absolute Gasteiger partial charge is 0.283 e. The number of para-hydroxylation sites is 1. The molecule has 1 aliphatic carbocycles. The van der Waals surface area contributed by atoms with Crippen LogP contribution in [0.4, 0.5) is 0 Å². The zero-order chi connectivity index (χ0) is 18.1. The van der Waals surface area contributed by atoms with Crippen molar-refractivity contribution in [1.82, 2.24) is 4.57 Å². The van der Waals surface area contributed by atoms with Crippen LogP contribution in [0.1, 0.15) is 42.2 Å². The van der Waals surface area contributed by atoms with E-state index in [0.29, 0.717) is 0 Å². The van der Waals surface area contributed by atoms with Gasteiger partial charge < -0.3 is 0 Å². The average molecular weight is 384 g/mol. The molecule has 26 heavy (non-hydrogen) atoms. The summed E-state index contributed by atoms with van der Waals surface area (Å²) in [7, 11) is 0. The number of aryl methyl sites for hydroxylation is 1. The molecule has 0 saturated heterocycles. The molecule has 0 amide bonds. The van der Waals surface area contributed by atoms with Crippen molar-refractivity contribution >= 4 is 40.2 Å². The zero-order valence-corrected chi connectivity index (χ0v) is 16.4. The Morgan fingerprint density at radius 1 is 1.12 bits per heavy atom. The molecule has 2 aromatic carbocycles. The van der Waals surface area contributed by atoms with Crippen molar-refractivity contribution < 1.29 is 4.79 Å². The number of hydrogen-bond acceptors (Lipinski definition) is 2. The van der Waals surface area contributed by atoms with Crippen LogP contribution in [-0.4, -0.2) is 15.7 Å². The number of benzene rings is 2. The van der Waals surface area contributed by atoms with E-state index in [1.54, 1.807) is 11.8 Å². The van der Waals surface area contributed by atoms with E-state index in [9.17, 15) is 4.79 Å². The maximum absolute atomic E-state index is 13.5. The van der Waals surface area contributed by atoms with E-state index in [1.165, 1.54) is 23.1 Å². The highest BCUT2D eigenvalue weighted by atomic mass is 35.5. The smallest absolute Gasteiger partial charge is 0.244 e. The number of thioether (sulfide) groups is 1. The van der Waals surface area contributed by atoms with E-state index in [0.717, 1.165) is 41.1 Å². The van der Waals surface area contributed by atoms with Crippen molar-refractivity contribution in [3.05, 3.63) is 64.8 Å². The first-order chi connectivity index (χ1) is 12.7. The van der Waals surface area contributed by atoms with E-state index in [1.807, 2.05) is 34.9 Å². The summed E-state index contributed by atoms with van der Waals surface area (Å²) in [5, 5.41) is 1.87. The first-order valence-electron chi connectivity index (χ1n) is 9.26. The van der Waals surface area contributed by atoms with Gasteiger partial charge in [-0.3, -0.25) is 9.36 Å². The standard InChI is InChI=1S/C22H22ClNOS/c1-2-21(26-16-13-11-15(23)12-14-16)22(25)24-19-9-5-3-7-17(19)18-8-4-6-10-20(18)24/h3,5,7,9,11-14,21H,2,4,6,8,10H2,1H3. The van der Waals surface area contributed by atoms with E-state index >= 15 is 0 Å². The number of hydrogen-bond donors (Lipinski definition) is 0. The highest BCUT2D eigenvalue weighted by molar-refractivity contribution is 8.00. The molecule has 1 atom stereocenters. The Kier molecular flexibility index (Phi) is 5.10. The molecule has 0 bridgehead atoms. The lowest BCUT2D eigenvalue weighted by Gasteiger charge is -2.19. The number of rotatable bonds is 4. The zero-order valence-electron chi connectivity index (χ0n) is 14.9. The number of nitrogens with zero attached hydrogens (tertiary/aromatic N) is 1. The van der Waals surface area contributed by atoms with E-state index in [2.05, 4.69) is 25.1 Å². The average Bonchev–Trinajstić information content (AvgIpc) is 3.01. The summed E-state index contributed by atoms with van der Waals surface area (Å²) in [6.45, 7) is 2.09. The Bertz CT molecular complexity index is 945. The maximum Gasteiger partial charge on any atom is 0.244 e. The molecule has 1 heterocycles. The Balaban J connectivity index is 1.73. The summed E-state index contributed by atoms with van der Waals surface area (Å²) in [6, 6.07) is 16.1. The molecule has 0 N–H and O–H groups in total. The number of carbonyl (C=O) groups is 1. The van der Waals surface area contributed by atoms with Crippen LogP contribution in [0, 0.1) is 0 Å². The van der Waals surface area contributed by atoms with Gasteiger partial charge >= 0.3 is 0 Å². The number of halogens is 1. The summed E-state index contributed by atoms with van der Waals surface area (Å²) >= 11 is 7.62. The van der Waals surface area contributed by atoms with E-state index in [4.69, 9.17) is 11.6 Å². The van der Waals surface area contributed by atoms with E-state index < -0.39 is 0 Å². The molecular formula is C22H22ClNOS. The third kappa shape index (κ3) is 3.19. The summed E-state index contributed by atoms with van der Waals surface area (Å²) in [5.41, 5.74) is 3.68. The van der Waals surface area contributed by atoms with Gasteiger partial charge in [0.15, 0.2) is 0 Å². The van der Waals surface area contributed by atoms with Crippen molar-refractivity contribution in [1.29, 1.82) is 0 Å². The fraction of sp³-hybridized carbons (Fsp3) is 0.318. The molecule has 0 fully saturated rings. The number of carbonyl (C=O) groups excluding carboxylic acids is 1. The lowest BCUT2D eigenvalue weighted by atomic mass is 9.95. The predicted octanol–water partition coefficient (Wildman–Crippen LogP) is 6.38. The fourth-order valence-corrected chi connectivity index (χ4v) is 5.00. The summed E-state index contributed by atoms with van der Waals surface area (Å²) < 4.78 is 2.01. The van der Waals surface area contributed by atoms with Gasteiger partial charge in [-0.2, -0.15) is 0 Å². The Morgan fingerprint density at radius 3 is 2.62 bits per heavy atom. The highest BCUT2D eigenvalue weighted by Gasteiger charge is 2.27. The van der Waals surface area contributed by atoms with Gasteiger partial charge in [-0.05, 0) is 68.0 Å². The highest BCUT2D eigenvalue weighted by Crippen LogP contribution is 2.35. The Morgan fingerprint density at radius 2 is 1.85 bits per heavy atom. The Hall–Kier alpha value is -1.71. The number of fused-ring (bicyclic) bond motifs is 3. The maximum atomic E-state index is 13.5. The first kappa shape index (κ1) is 17.7. The van der Waals surface area contributed by atoms with Crippen LogP contribution in [0.5, 0.6) is 0 Å². The van der Waals surface area contributed by atoms with Crippen molar-refractivity contribution in [2.45, 2.75) is 49.2 Å². The lowest BCUT2D eigenvalue weighted by Crippen LogP contribution is -2.26. The lowest BCUT2D eigenvalue weighted by molar-refractivity contribution is 0.0910. The molecular weight excluding hydrogens is 362 g/mol. The van der Waals surface area contributed by atoms with Crippen LogP contribution in [-0.2, 0) is 12.8 Å². The molecule has 134 valence electrons. The second-order valence-electron chi connectivity index (χ2n) is 6.79. The molecule has 4 rings (SSSR count). The predicted molar refractivity (Wildman–Crippen MR) is 111 cm³/mol. The number of aromatic nitrogens is 1. The minimum Gasteiger partial charge on any atom is -0.283 e. The third-order valence-electron chi connectivity index (χ3n) is 5.14. The molecule has 1 unspecified atom stereocenters. The molecule has 1 aromatic heterocycles. The molecule has 0 radical (unpaired) electrons. The van der Waals surface area contributed by atoms with Crippen LogP contribution in [0.25, 0.3) is 10.9 Å². The van der Waals surface area contributed by atoms with Crippen LogP contribution >= 0.6 is 23.4 Å². The molecule has 0 saturated carbocycles. The van der Waals surface area contributed by atoms with Gasteiger partial charge in [0, 0.05) is 21.0 Å². The van der Waals surface area contributed by atoms with Gasteiger partial charge in [-0.15, -0.1) is 11.8 Å². The van der Waals surface area contributed by atoms with Crippen molar-refractivity contribution in [3.8, 4) is 0 Å². The van der Waals surface area contributed by atoms with Gasteiger partial charge in [-0.25, -0.2) is 0 Å². The van der Waals surface area contributed by atoms with E-state index in [-0.39, 0.29) is 11.2 Å². The molecule has 1 aliphatic rings. The summed E-state index contributed by atoms with van der Waals surface area (Å²) in [6.07, 6.45) is 5.26. The van der Waals surface area contributed by atoms with Crippen LogP contribution in [0.15, 0.2) is 53.4 Å². The van der Waals surface area contributed by atoms with Gasteiger partial charge in [-0.1, -0.05) is 36.7 Å². The normalized spacial score (nSPS) is 15.0. The molecule has 0 spiro atoms. The SMILES string of the molecule is CCC(Sc1ccc(Cl)cc1)C(=O)n1c2c(c3ccccc31)CCCC2. The summed E-state index contributed by atoms with van der Waals surface area (Å²) in [4.78, 5) is 14.6. The van der Waals surface area contributed by atoms with Crippen molar-refractivity contribution in [2.24, 2.45) is 0 Å². The van der Waals surface area contributed by atoms with Gasteiger partial charge in [0.2, 0.25) is 5.91 Å². The van der Waals surface area contributed by atoms with Crippen LogP contribution < -0.4 is 0 Å². The second-order valence-corrected chi connectivity index (χ2v) is 8.50. The van der Waals surface area contributed by atoms with Gasteiger partial charge in [0.1, 0.15) is 0 Å². The van der Waals surface area contributed by atoms with Crippen LogP contribution in [0.2, 0.25) is 5.02 Å². The Labute approximate surface area is 163 Å². The van der Waals surface area contributed by atoms with Gasteiger partial charge in [0.05, 0.1) is 10.8 Å². The minimum atomic E-state index is -0.0991. The molecule has 4 heteroatoms. The quantitative estimate of drug-likeness (QED) is 0.487. The minimum absolute atomic E-state index is 0.0991. The molecule has 0 aliphatic heterocycles. The van der Waals surface area contributed by atoms with Crippen LogP contribution in [0.3, 0.4) is 0 Å². The monoisotopic (exact) mass is 383 g/mol. The molecule has 3 aromatic rings. The second kappa shape index (κ2) is 7.50. The fourth-order valence-electron chi connectivity index (χ4n) is 3.88. The van der Waals surface area contributed by atoms with Gasteiger partial charge in [0.25, 0.3) is 0 Å². The molecule has 2 nitrogen and oxygen atoms in total. The third-order valence-corrected chi connectivity index (χ3v) is 6.75. The topological polar surface area (TPSA) is 22.0 Å². The summed E-state index contributed by atoms with van der Waals surface area (Å²) in [5.74, 6) is 0.201. The first-order valence-corrected chi connectivity index (χ1v) is 10.5. The van der Waals surface area contributed by atoms with Crippen molar-refractivity contribution in [3.63, 3.8) is 0 Å².